The number of nitrogens with one attached hydrogen (secondary N) is 1. The summed E-state index contributed by atoms with van der Waals surface area (Å²) in [5, 5.41) is 2.93. The fourth-order valence-corrected chi connectivity index (χ4v) is 4.35. The molecule has 148 valence electrons. The molecule has 1 aromatic carbocycles. The number of hydrogen-bond donors (Lipinski definition) is 1. The Bertz CT molecular complexity index is 682. The van der Waals surface area contributed by atoms with Crippen molar-refractivity contribution in [1.82, 2.24) is 4.90 Å². The third kappa shape index (κ3) is 5.14. The van der Waals surface area contributed by atoms with E-state index in [1.54, 1.807) is 18.2 Å². The molecular weight excluding hydrogens is 368 g/mol. The first-order valence-corrected chi connectivity index (χ1v) is 9.98. The number of carbonyl (C=O) groups is 2. The van der Waals surface area contributed by atoms with E-state index in [2.05, 4.69) is 5.32 Å². The number of halogens is 1. The van der Waals surface area contributed by atoms with E-state index in [0.29, 0.717) is 28.8 Å². The number of ether oxygens (including phenoxy) is 2. The Balaban J connectivity index is 1.59. The van der Waals surface area contributed by atoms with E-state index in [1.165, 1.54) is 32.8 Å². The number of rotatable bonds is 5. The molecule has 1 aliphatic heterocycles. The van der Waals surface area contributed by atoms with Crippen molar-refractivity contribution < 1.29 is 19.1 Å². The molecule has 7 heteroatoms. The molecule has 2 amide bonds. The van der Waals surface area contributed by atoms with Gasteiger partial charge in [-0.2, -0.15) is 0 Å². The van der Waals surface area contributed by atoms with Crippen LogP contribution in [0.2, 0.25) is 5.02 Å². The smallest absolute Gasteiger partial charge is 0.411 e. The molecule has 0 unspecified atom stereocenters. The zero-order valence-corrected chi connectivity index (χ0v) is 16.5. The van der Waals surface area contributed by atoms with E-state index < -0.39 is 6.09 Å². The van der Waals surface area contributed by atoms with Gasteiger partial charge >= 0.3 is 6.09 Å². The minimum absolute atomic E-state index is 0.0294. The number of hydrogen-bond acceptors (Lipinski definition) is 4. The van der Waals surface area contributed by atoms with E-state index in [9.17, 15) is 9.59 Å². The number of fused-ring (bicyclic) bond motifs is 1. The Morgan fingerprint density at radius 1 is 1.19 bits per heavy atom. The average Bonchev–Trinajstić information content (AvgIpc) is 2.67. The molecule has 2 aliphatic rings. The number of benzene rings is 1. The highest BCUT2D eigenvalue weighted by molar-refractivity contribution is 6.34. The zero-order valence-electron chi connectivity index (χ0n) is 15.7. The lowest BCUT2D eigenvalue weighted by molar-refractivity contribution is 0.0521. The van der Waals surface area contributed by atoms with E-state index in [4.69, 9.17) is 21.1 Å². The Hall–Kier alpha value is -1.79. The number of methoxy groups -OCH3 is 1. The van der Waals surface area contributed by atoms with Crippen molar-refractivity contribution in [3.8, 4) is 0 Å². The number of amides is 2. The van der Waals surface area contributed by atoms with Crippen LogP contribution in [0.25, 0.3) is 0 Å². The highest BCUT2D eigenvalue weighted by Crippen LogP contribution is 2.36. The molecule has 1 aromatic rings. The summed E-state index contributed by atoms with van der Waals surface area (Å²) in [4.78, 5) is 26.5. The lowest BCUT2D eigenvalue weighted by Gasteiger charge is -2.41. The van der Waals surface area contributed by atoms with Crippen molar-refractivity contribution in [3.63, 3.8) is 0 Å². The highest BCUT2D eigenvalue weighted by atomic mass is 35.5. The van der Waals surface area contributed by atoms with Crippen LogP contribution in [-0.4, -0.2) is 50.3 Å². The minimum Gasteiger partial charge on any atom is -0.447 e. The van der Waals surface area contributed by atoms with Gasteiger partial charge in [0.05, 0.1) is 17.2 Å². The van der Waals surface area contributed by atoms with Crippen LogP contribution >= 0.6 is 11.6 Å². The van der Waals surface area contributed by atoms with Crippen molar-refractivity contribution in [2.24, 2.45) is 11.8 Å². The van der Waals surface area contributed by atoms with Crippen LogP contribution in [0.15, 0.2) is 18.2 Å². The molecular formula is C20H27ClN2O4. The van der Waals surface area contributed by atoms with Crippen molar-refractivity contribution in [3.05, 3.63) is 28.8 Å². The fraction of sp³-hybridized carbons (Fsp3) is 0.600. The number of anilines is 1. The summed E-state index contributed by atoms with van der Waals surface area (Å²) in [5.41, 5.74) is 0.967. The van der Waals surface area contributed by atoms with Gasteiger partial charge in [-0.3, -0.25) is 10.1 Å². The second kappa shape index (κ2) is 9.42. The largest absolute Gasteiger partial charge is 0.447 e. The first-order chi connectivity index (χ1) is 13.1. The summed E-state index contributed by atoms with van der Waals surface area (Å²) < 4.78 is 9.78. The van der Waals surface area contributed by atoms with Gasteiger partial charge in [-0.15, -0.1) is 0 Å². The molecule has 27 heavy (non-hydrogen) atoms. The summed E-state index contributed by atoms with van der Waals surface area (Å²) in [7, 11) is 1.54. The predicted octanol–water partition coefficient (Wildman–Crippen LogP) is 4.19. The lowest BCUT2D eigenvalue weighted by atomic mass is 9.75. The Kier molecular flexibility index (Phi) is 6.96. The number of carbonyl (C=O) groups excluding carboxylic acids is 2. The standard InChI is InChI=1S/C20H27ClN2O4/c1-26-10-11-27-20(25)22-16-6-7-17(18(21)12-16)19(24)23-9-8-14-4-2-3-5-15(14)13-23/h6-7,12,14-15H,2-5,8-11,13H2,1H3,(H,22,25)/t14-,15+/m1/s1. The van der Waals surface area contributed by atoms with Crippen LogP contribution in [0, 0.1) is 11.8 Å². The van der Waals surface area contributed by atoms with Crippen LogP contribution in [0.4, 0.5) is 10.5 Å². The molecule has 1 heterocycles. The van der Waals surface area contributed by atoms with Gasteiger partial charge in [-0.25, -0.2) is 4.79 Å². The van der Waals surface area contributed by atoms with Crippen molar-refractivity contribution in [2.45, 2.75) is 32.1 Å². The number of nitrogens with zero attached hydrogens (tertiary/aromatic N) is 1. The van der Waals surface area contributed by atoms with Crippen LogP contribution in [-0.2, 0) is 9.47 Å². The second-order valence-electron chi connectivity index (χ2n) is 7.29. The van der Waals surface area contributed by atoms with E-state index in [1.807, 2.05) is 4.90 Å². The van der Waals surface area contributed by atoms with Gasteiger partial charge in [0, 0.05) is 25.9 Å². The van der Waals surface area contributed by atoms with Gasteiger partial charge in [0.2, 0.25) is 0 Å². The molecule has 0 bridgehead atoms. The van der Waals surface area contributed by atoms with Crippen LogP contribution in [0.5, 0.6) is 0 Å². The molecule has 0 aromatic heterocycles. The Morgan fingerprint density at radius 2 is 1.96 bits per heavy atom. The van der Waals surface area contributed by atoms with Gasteiger partial charge in [0.1, 0.15) is 6.61 Å². The van der Waals surface area contributed by atoms with Gasteiger partial charge in [0.15, 0.2) is 0 Å². The maximum atomic E-state index is 12.9. The van der Waals surface area contributed by atoms with Crippen LogP contribution < -0.4 is 5.32 Å². The number of piperidine rings is 1. The van der Waals surface area contributed by atoms with Crippen LogP contribution in [0.1, 0.15) is 42.5 Å². The van der Waals surface area contributed by atoms with E-state index >= 15 is 0 Å². The van der Waals surface area contributed by atoms with Crippen molar-refractivity contribution >= 4 is 29.3 Å². The third-order valence-electron chi connectivity index (χ3n) is 5.54. The summed E-state index contributed by atoms with van der Waals surface area (Å²) >= 11 is 6.33. The highest BCUT2D eigenvalue weighted by Gasteiger charge is 2.33. The Labute approximate surface area is 165 Å². The fourth-order valence-electron chi connectivity index (χ4n) is 4.09. The van der Waals surface area contributed by atoms with Gasteiger partial charge < -0.3 is 14.4 Å². The topological polar surface area (TPSA) is 67.9 Å². The molecule has 1 N–H and O–H groups in total. The normalized spacial score (nSPS) is 22.1. The van der Waals surface area contributed by atoms with E-state index in [0.717, 1.165) is 25.4 Å². The van der Waals surface area contributed by atoms with E-state index in [-0.39, 0.29) is 12.5 Å². The molecule has 3 rings (SSSR count). The van der Waals surface area contributed by atoms with Gasteiger partial charge in [0.25, 0.3) is 5.91 Å². The molecule has 1 aliphatic carbocycles. The summed E-state index contributed by atoms with van der Waals surface area (Å²) in [6.45, 7) is 2.12. The maximum Gasteiger partial charge on any atom is 0.411 e. The van der Waals surface area contributed by atoms with Gasteiger partial charge in [-0.1, -0.05) is 30.9 Å². The molecule has 0 radical (unpaired) electrons. The molecule has 2 atom stereocenters. The third-order valence-corrected chi connectivity index (χ3v) is 5.86. The first-order valence-electron chi connectivity index (χ1n) is 9.60. The first kappa shape index (κ1) is 20.0. The number of likely N-dealkylation sites (tertiary alicyclic amines) is 1. The zero-order chi connectivity index (χ0) is 19.2. The average molecular weight is 395 g/mol. The second-order valence-corrected chi connectivity index (χ2v) is 7.70. The maximum absolute atomic E-state index is 12.9. The SMILES string of the molecule is COCCOC(=O)Nc1ccc(C(=O)N2CC[C@H]3CCCC[C@H]3C2)c(Cl)c1. The molecule has 1 saturated carbocycles. The molecule has 6 nitrogen and oxygen atoms in total. The quantitative estimate of drug-likeness (QED) is 0.760. The monoisotopic (exact) mass is 394 g/mol. The molecule has 0 spiro atoms. The Morgan fingerprint density at radius 3 is 2.70 bits per heavy atom. The van der Waals surface area contributed by atoms with Crippen molar-refractivity contribution in [1.29, 1.82) is 0 Å². The van der Waals surface area contributed by atoms with Crippen molar-refractivity contribution in [2.75, 3.05) is 38.7 Å². The lowest BCUT2D eigenvalue weighted by Crippen LogP contribution is -2.44. The summed E-state index contributed by atoms with van der Waals surface area (Å²) in [6.07, 6.45) is 5.61. The summed E-state index contributed by atoms with van der Waals surface area (Å²) in [5.74, 6) is 1.37. The molecule has 2 fully saturated rings. The minimum atomic E-state index is -0.582. The summed E-state index contributed by atoms with van der Waals surface area (Å²) in [6, 6.07) is 4.92. The molecule has 1 saturated heterocycles. The predicted molar refractivity (Wildman–Crippen MR) is 104 cm³/mol. The van der Waals surface area contributed by atoms with Gasteiger partial charge in [-0.05, 0) is 42.9 Å². The van der Waals surface area contributed by atoms with Crippen LogP contribution in [0.3, 0.4) is 0 Å².